The van der Waals surface area contributed by atoms with Crippen LogP contribution >= 0.6 is 0 Å². The van der Waals surface area contributed by atoms with Gasteiger partial charge in [0.05, 0.1) is 17.2 Å². The van der Waals surface area contributed by atoms with Crippen LogP contribution in [0.5, 0.6) is 0 Å². The minimum Gasteiger partial charge on any atom is -0.543 e. The minimum atomic E-state index is -4.51. The smallest absolute Gasteiger partial charge is 0.416 e. The highest BCUT2D eigenvalue weighted by atomic mass is 19.4. The van der Waals surface area contributed by atoms with Gasteiger partial charge in [0, 0.05) is 36.3 Å². The first kappa shape index (κ1) is 18.9. The summed E-state index contributed by atoms with van der Waals surface area (Å²) in [5.41, 5.74) is 1.19. The summed E-state index contributed by atoms with van der Waals surface area (Å²) in [4.78, 5) is 15.8. The van der Waals surface area contributed by atoms with E-state index in [9.17, 15) is 23.1 Å². The lowest BCUT2D eigenvalue weighted by Crippen LogP contribution is -2.26. The summed E-state index contributed by atoms with van der Waals surface area (Å²) in [6.07, 6.45) is -0.698. The molecule has 1 aromatic carbocycles. The van der Waals surface area contributed by atoms with Gasteiger partial charge >= 0.3 is 6.18 Å². The number of carboxylic acids is 1. The third-order valence-corrected chi connectivity index (χ3v) is 4.70. The van der Waals surface area contributed by atoms with Crippen LogP contribution in [-0.2, 0) is 25.6 Å². The molecule has 0 spiro atoms. The van der Waals surface area contributed by atoms with Crippen molar-refractivity contribution in [1.29, 1.82) is 0 Å². The maximum absolute atomic E-state index is 13.3. The van der Waals surface area contributed by atoms with Crippen LogP contribution in [-0.4, -0.2) is 15.5 Å². The Morgan fingerprint density at radius 2 is 1.85 bits per heavy atom. The van der Waals surface area contributed by atoms with Gasteiger partial charge in [0.15, 0.2) is 0 Å². The molecule has 0 radical (unpaired) electrons. The van der Waals surface area contributed by atoms with Crippen molar-refractivity contribution in [3.05, 3.63) is 64.6 Å². The fraction of sp³-hybridized carbons (Fsp3) is 0.300. The fourth-order valence-electron chi connectivity index (χ4n) is 3.53. The summed E-state index contributed by atoms with van der Waals surface area (Å²) in [6.45, 7) is 3.68. The molecule has 0 amide bonds. The number of fused-ring (bicyclic) bond motifs is 1. The van der Waals surface area contributed by atoms with Crippen LogP contribution < -0.4 is 5.11 Å². The maximum atomic E-state index is 13.3. The van der Waals surface area contributed by atoms with Crippen LogP contribution in [0.4, 0.5) is 13.2 Å². The first-order valence-corrected chi connectivity index (χ1v) is 8.63. The Kier molecular flexibility index (Phi) is 4.95. The van der Waals surface area contributed by atoms with Crippen LogP contribution in [0.15, 0.2) is 36.7 Å². The molecule has 142 valence electrons. The van der Waals surface area contributed by atoms with E-state index in [0.717, 1.165) is 17.7 Å². The van der Waals surface area contributed by atoms with Crippen molar-refractivity contribution >= 4 is 16.9 Å². The van der Waals surface area contributed by atoms with E-state index in [1.807, 2.05) is 0 Å². The van der Waals surface area contributed by atoms with Gasteiger partial charge in [-0.05, 0) is 54.3 Å². The molecule has 2 heterocycles. The van der Waals surface area contributed by atoms with E-state index >= 15 is 0 Å². The number of carbonyl (C=O) groups is 1. The second-order valence-corrected chi connectivity index (χ2v) is 6.27. The summed E-state index contributed by atoms with van der Waals surface area (Å²) in [6, 6.07) is 5.64. The zero-order valence-electron chi connectivity index (χ0n) is 14.9. The lowest BCUT2D eigenvalue weighted by molar-refractivity contribution is -0.255. The van der Waals surface area contributed by atoms with E-state index in [2.05, 4.69) is 4.98 Å². The van der Waals surface area contributed by atoms with Crippen molar-refractivity contribution in [2.75, 3.05) is 0 Å². The zero-order chi connectivity index (χ0) is 19.8. The van der Waals surface area contributed by atoms with Gasteiger partial charge in [-0.15, -0.1) is 0 Å². The predicted molar refractivity (Wildman–Crippen MR) is 93.4 cm³/mol. The Labute approximate surface area is 154 Å². The van der Waals surface area contributed by atoms with E-state index in [4.69, 9.17) is 0 Å². The highest BCUT2D eigenvalue weighted by Crippen LogP contribution is 2.37. The normalized spacial score (nSPS) is 11.9. The molecule has 2 aromatic heterocycles. The second-order valence-electron chi connectivity index (χ2n) is 6.27. The van der Waals surface area contributed by atoms with Gasteiger partial charge in [0.25, 0.3) is 0 Å². The number of hydrogen-bond acceptors (Lipinski definition) is 3. The number of hydrogen-bond donors (Lipinski definition) is 0. The molecule has 0 atom stereocenters. The quantitative estimate of drug-likeness (QED) is 0.685. The molecule has 0 aliphatic heterocycles. The number of nitrogens with zero attached hydrogens (tertiary/aromatic N) is 2. The Balaban J connectivity index is 2.38. The molecule has 27 heavy (non-hydrogen) atoms. The van der Waals surface area contributed by atoms with Gasteiger partial charge in [0.2, 0.25) is 0 Å². The monoisotopic (exact) mass is 375 g/mol. The second kappa shape index (κ2) is 7.06. The van der Waals surface area contributed by atoms with E-state index in [-0.39, 0.29) is 24.2 Å². The number of benzene rings is 1. The van der Waals surface area contributed by atoms with Crippen LogP contribution in [0.3, 0.4) is 0 Å². The number of aromatic carboxylic acids is 1. The summed E-state index contributed by atoms with van der Waals surface area (Å²) in [7, 11) is 0. The molecule has 7 heteroatoms. The molecule has 0 fully saturated rings. The van der Waals surface area contributed by atoms with Crippen LogP contribution in [0.2, 0.25) is 0 Å². The molecule has 0 aliphatic carbocycles. The highest BCUT2D eigenvalue weighted by molar-refractivity contribution is 5.99. The molecule has 0 saturated carbocycles. The lowest BCUT2D eigenvalue weighted by atomic mass is 9.96. The number of carbonyl (C=O) groups excluding carboxylic acids is 1. The molecule has 0 N–H and O–H groups in total. The van der Waals surface area contributed by atoms with Gasteiger partial charge in [-0.25, -0.2) is 0 Å². The van der Waals surface area contributed by atoms with Crippen molar-refractivity contribution in [1.82, 2.24) is 9.55 Å². The molecule has 0 aliphatic rings. The molecule has 0 saturated heterocycles. The van der Waals surface area contributed by atoms with Gasteiger partial charge in [0.1, 0.15) is 0 Å². The van der Waals surface area contributed by atoms with E-state index in [0.29, 0.717) is 22.9 Å². The number of aromatic nitrogens is 2. The number of rotatable bonds is 5. The van der Waals surface area contributed by atoms with Crippen molar-refractivity contribution < 1.29 is 23.1 Å². The molecule has 4 nitrogen and oxygen atoms in total. The van der Waals surface area contributed by atoms with Gasteiger partial charge in [-0.2, -0.15) is 13.2 Å². The van der Waals surface area contributed by atoms with Gasteiger partial charge in [-0.3, -0.25) is 4.98 Å². The average molecular weight is 375 g/mol. The Morgan fingerprint density at radius 1 is 1.19 bits per heavy atom. The molecular weight excluding hydrogens is 357 g/mol. The van der Waals surface area contributed by atoms with E-state index in [1.165, 1.54) is 4.57 Å². The first-order valence-electron chi connectivity index (χ1n) is 8.63. The Bertz CT molecular complexity index is 992. The average Bonchev–Trinajstić information content (AvgIpc) is 2.94. The predicted octanol–water partition coefficient (Wildman–Crippen LogP) is 3.59. The zero-order valence-corrected chi connectivity index (χ0v) is 14.9. The SMILES string of the molecule is CCc1cc(C(F)(F)F)cc2c1c(Cc1ccncc1)c(C(=O)[O-])n2CC. The van der Waals surface area contributed by atoms with Crippen molar-refractivity contribution in [3.63, 3.8) is 0 Å². The van der Waals surface area contributed by atoms with Crippen LogP contribution in [0.1, 0.15) is 46.6 Å². The summed E-state index contributed by atoms with van der Waals surface area (Å²) < 4.78 is 41.4. The van der Waals surface area contributed by atoms with Gasteiger partial charge in [-0.1, -0.05) is 6.92 Å². The molecule has 0 bridgehead atoms. The Morgan fingerprint density at radius 3 is 2.37 bits per heavy atom. The number of aryl methyl sites for hydroxylation is 2. The van der Waals surface area contributed by atoms with E-state index < -0.39 is 17.7 Å². The standard InChI is InChI=1S/C20H19F3N2O2/c1-3-13-10-14(20(21,22)23)11-16-17(13)15(9-12-5-7-24-8-6-12)18(19(26)27)25(16)4-2/h5-8,10-11H,3-4,9H2,1-2H3,(H,26,27)/p-1. The summed E-state index contributed by atoms with van der Waals surface area (Å²) in [5, 5.41) is 12.4. The Hall–Kier alpha value is -2.83. The molecule has 3 aromatic rings. The minimum absolute atomic E-state index is 0.0710. The fourth-order valence-corrected chi connectivity index (χ4v) is 3.53. The van der Waals surface area contributed by atoms with Crippen molar-refractivity contribution in [3.8, 4) is 0 Å². The van der Waals surface area contributed by atoms with E-state index in [1.54, 1.807) is 38.4 Å². The van der Waals surface area contributed by atoms with Crippen molar-refractivity contribution in [2.24, 2.45) is 0 Å². The number of pyridine rings is 1. The van der Waals surface area contributed by atoms with Gasteiger partial charge < -0.3 is 14.5 Å². The number of carboxylic acid groups (broad SMARTS) is 1. The number of halogens is 3. The highest BCUT2D eigenvalue weighted by Gasteiger charge is 2.32. The summed E-state index contributed by atoms with van der Waals surface area (Å²) in [5.74, 6) is -1.40. The molecule has 3 rings (SSSR count). The molecule has 0 unspecified atom stereocenters. The van der Waals surface area contributed by atoms with Crippen LogP contribution in [0, 0.1) is 0 Å². The third-order valence-electron chi connectivity index (χ3n) is 4.70. The van der Waals surface area contributed by atoms with Crippen LogP contribution in [0.25, 0.3) is 10.9 Å². The third kappa shape index (κ3) is 3.41. The molecular formula is C20H18F3N2O2-. The topological polar surface area (TPSA) is 57.9 Å². The maximum Gasteiger partial charge on any atom is 0.416 e. The summed E-state index contributed by atoms with van der Waals surface area (Å²) >= 11 is 0. The largest absolute Gasteiger partial charge is 0.543 e. The first-order chi connectivity index (χ1) is 12.8. The lowest BCUT2D eigenvalue weighted by Gasteiger charge is -2.12. The number of alkyl halides is 3. The van der Waals surface area contributed by atoms with Crippen molar-refractivity contribution in [2.45, 2.75) is 39.4 Å².